The number of hydrogen-bond donors (Lipinski definition) is 2. The van der Waals surface area contributed by atoms with Crippen LogP contribution in [-0.4, -0.2) is 29.3 Å². The number of nitrogens with zero attached hydrogens (tertiary/aromatic N) is 1. The first-order valence-electron chi connectivity index (χ1n) is 6.28. The molecule has 0 spiro atoms. The van der Waals surface area contributed by atoms with Crippen molar-refractivity contribution in [3.8, 4) is 0 Å². The Morgan fingerprint density at radius 1 is 1.20 bits per heavy atom. The molecule has 2 unspecified atom stereocenters. The third kappa shape index (κ3) is 5.59. The summed E-state index contributed by atoms with van der Waals surface area (Å²) in [4.78, 5) is 24.8. The van der Waals surface area contributed by atoms with Gasteiger partial charge in [0, 0.05) is 12.6 Å². The van der Waals surface area contributed by atoms with Crippen molar-refractivity contribution in [2.24, 2.45) is 17.4 Å². The molecule has 0 aliphatic rings. The molecule has 20 heavy (non-hydrogen) atoms. The number of rotatable bonds is 6. The van der Waals surface area contributed by atoms with Crippen molar-refractivity contribution in [2.45, 2.75) is 26.4 Å². The number of hydrogen-bond acceptors (Lipinski definition) is 3. The van der Waals surface area contributed by atoms with Gasteiger partial charge in [-0.15, -0.1) is 12.4 Å². The van der Waals surface area contributed by atoms with Gasteiger partial charge in [-0.3, -0.25) is 9.59 Å². The fourth-order valence-corrected chi connectivity index (χ4v) is 1.72. The summed E-state index contributed by atoms with van der Waals surface area (Å²) in [5.74, 6) is -1.03. The van der Waals surface area contributed by atoms with E-state index in [9.17, 15) is 9.59 Å². The maximum atomic E-state index is 12.3. The zero-order valence-corrected chi connectivity index (χ0v) is 12.6. The lowest BCUT2D eigenvalue weighted by Crippen LogP contribution is -2.44. The predicted octanol–water partition coefficient (Wildman–Crippen LogP) is 0.906. The molecule has 4 N–H and O–H groups in total. The molecule has 6 heteroatoms. The van der Waals surface area contributed by atoms with Gasteiger partial charge in [0.05, 0.1) is 12.5 Å². The number of halogens is 1. The molecule has 2 amide bonds. The van der Waals surface area contributed by atoms with Crippen LogP contribution >= 0.6 is 12.4 Å². The van der Waals surface area contributed by atoms with Crippen LogP contribution in [0, 0.1) is 5.92 Å². The summed E-state index contributed by atoms with van der Waals surface area (Å²) in [5, 5.41) is 0. The van der Waals surface area contributed by atoms with E-state index in [1.54, 1.807) is 13.8 Å². The van der Waals surface area contributed by atoms with E-state index < -0.39 is 5.91 Å². The van der Waals surface area contributed by atoms with E-state index in [-0.39, 0.29) is 36.8 Å². The van der Waals surface area contributed by atoms with Crippen molar-refractivity contribution in [1.29, 1.82) is 0 Å². The van der Waals surface area contributed by atoms with Gasteiger partial charge in [-0.2, -0.15) is 0 Å². The fraction of sp³-hybridized carbons (Fsp3) is 0.429. The van der Waals surface area contributed by atoms with Crippen LogP contribution < -0.4 is 11.5 Å². The van der Waals surface area contributed by atoms with E-state index in [1.165, 1.54) is 4.90 Å². The van der Waals surface area contributed by atoms with E-state index in [4.69, 9.17) is 11.5 Å². The van der Waals surface area contributed by atoms with Crippen molar-refractivity contribution in [2.75, 3.05) is 6.54 Å². The van der Waals surface area contributed by atoms with Crippen molar-refractivity contribution in [1.82, 2.24) is 4.90 Å². The summed E-state index contributed by atoms with van der Waals surface area (Å²) >= 11 is 0. The molecular weight excluding hydrogens is 278 g/mol. The Morgan fingerprint density at radius 2 is 1.75 bits per heavy atom. The highest BCUT2D eigenvalue weighted by Gasteiger charge is 2.24. The standard InChI is InChI=1S/C14H21N3O2.ClH/c1-10(11(2)15)14(19)17(9-13(16)18)8-12-6-4-3-5-7-12;/h3-7,10-11H,8-9,15H2,1-2H3,(H2,16,18);1H. The molecule has 0 aromatic heterocycles. The summed E-state index contributed by atoms with van der Waals surface area (Å²) in [7, 11) is 0. The maximum absolute atomic E-state index is 12.3. The smallest absolute Gasteiger partial charge is 0.237 e. The normalized spacial score (nSPS) is 12.9. The van der Waals surface area contributed by atoms with Crippen LogP contribution in [0.5, 0.6) is 0 Å². The molecule has 0 fully saturated rings. The van der Waals surface area contributed by atoms with Gasteiger partial charge in [-0.05, 0) is 12.5 Å². The van der Waals surface area contributed by atoms with Crippen molar-refractivity contribution < 1.29 is 9.59 Å². The minimum absolute atomic E-state index is 0. The number of benzene rings is 1. The van der Waals surface area contributed by atoms with Gasteiger partial charge in [-0.1, -0.05) is 37.3 Å². The van der Waals surface area contributed by atoms with Gasteiger partial charge in [0.15, 0.2) is 0 Å². The van der Waals surface area contributed by atoms with Gasteiger partial charge in [-0.25, -0.2) is 0 Å². The Labute approximate surface area is 125 Å². The van der Waals surface area contributed by atoms with Gasteiger partial charge < -0.3 is 16.4 Å². The molecule has 0 aliphatic heterocycles. The third-order valence-electron chi connectivity index (χ3n) is 3.05. The molecule has 2 atom stereocenters. The first-order chi connectivity index (χ1) is 8.91. The monoisotopic (exact) mass is 299 g/mol. The van der Waals surface area contributed by atoms with Crippen LogP contribution in [0.4, 0.5) is 0 Å². The van der Waals surface area contributed by atoms with E-state index in [0.29, 0.717) is 6.54 Å². The molecule has 1 rings (SSSR count). The Balaban J connectivity index is 0.00000361. The molecule has 0 saturated carbocycles. The highest BCUT2D eigenvalue weighted by atomic mass is 35.5. The van der Waals surface area contributed by atoms with Crippen molar-refractivity contribution in [3.63, 3.8) is 0 Å². The van der Waals surface area contributed by atoms with Gasteiger partial charge in [0.2, 0.25) is 11.8 Å². The SMILES string of the molecule is CC(N)C(C)C(=O)N(CC(N)=O)Cc1ccccc1.Cl. The van der Waals surface area contributed by atoms with E-state index in [2.05, 4.69) is 0 Å². The Bertz CT molecular complexity index is 437. The summed E-state index contributed by atoms with van der Waals surface area (Å²) in [6, 6.07) is 9.21. The number of nitrogens with two attached hydrogens (primary N) is 2. The molecule has 0 radical (unpaired) electrons. The topological polar surface area (TPSA) is 89.4 Å². The van der Waals surface area contributed by atoms with Crippen LogP contribution in [-0.2, 0) is 16.1 Å². The average Bonchev–Trinajstić information content (AvgIpc) is 2.36. The molecule has 0 bridgehead atoms. The van der Waals surface area contributed by atoms with Crippen molar-refractivity contribution >= 4 is 24.2 Å². The van der Waals surface area contributed by atoms with Crippen molar-refractivity contribution in [3.05, 3.63) is 35.9 Å². The minimum atomic E-state index is -0.527. The van der Waals surface area contributed by atoms with Gasteiger partial charge >= 0.3 is 0 Å². The third-order valence-corrected chi connectivity index (χ3v) is 3.05. The number of primary amides is 1. The molecular formula is C14H22ClN3O2. The lowest BCUT2D eigenvalue weighted by molar-refractivity contribution is -0.139. The summed E-state index contributed by atoms with van der Waals surface area (Å²) in [6.45, 7) is 3.80. The number of carbonyl (C=O) groups is 2. The quantitative estimate of drug-likeness (QED) is 0.818. The van der Waals surface area contributed by atoms with Crippen LogP contribution in [0.3, 0.4) is 0 Å². The predicted molar refractivity (Wildman–Crippen MR) is 81.1 cm³/mol. The van der Waals surface area contributed by atoms with Gasteiger partial charge in [0.25, 0.3) is 0 Å². The summed E-state index contributed by atoms with van der Waals surface area (Å²) in [6.07, 6.45) is 0. The first-order valence-corrected chi connectivity index (χ1v) is 6.28. The minimum Gasteiger partial charge on any atom is -0.368 e. The second kappa shape index (κ2) is 8.55. The molecule has 1 aromatic carbocycles. The summed E-state index contributed by atoms with van der Waals surface area (Å²) < 4.78 is 0. The first kappa shape index (κ1) is 18.4. The second-order valence-electron chi connectivity index (χ2n) is 4.79. The van der Waals surface area contributed by atoms with E-state index >= 15 is 0 Å². The van der Waals surface area contributed by atoms with E-state index in [0.717, 1.165) is 5.56 Å². The maximum Gasteiger partial charge on any atom is 0.237 e. The lowest BCUT2D eigenvalue weighted by Gasteiger charge is -2.26. The van der Waals surface area contributed by atoms with E-state index in [1.807, 2.05) is 30.3 Å². The molecule has 0 aliphatic carbocycles. The Kier molecular flexibility index (Phi) is 7.87. The largest absolute Gasteiger partial charge is 0.368 e. The fourth-order valence-electron chi connectivity index (χ4n) is 1.72. The highest BCUT2D eigenvalue weighted by Crippen LogP contribution is 2.10. The number of amides is 2. The highest BCUT2D eigenvalue weighted by molar-refractivity contribution is 5.85. The second-order valence-corrected chi connectivity index (χ2v) is 4.79. The van der Waals surface area contributed by atoms with Gasteiger partial charge in [0.1, 0.15) is 0 Å². The molecule has 0 heterocycles. The van der Waals surface area contributed by atoms with Crippen LogP contribution in [0.15, 0.2) is 30.3 Å². The lowest BCUT2D eigenvalue weighted by atomic mass is 10.0. The molecule has 1 aromatic rings. The van der Waals surface area contributed by atoms with Crippen LogP contribution in [0.1, 0.15) is 19.4 Å². The average molecular weight is 300 g/mol. The van der Waals surface area contributed by atoms with Crippen LogP contribution in [0.2, 0.25) is 0 Å². The molecule has 0 saturated heterocycles. The zero-order valence-electron chi connectivity index (χ0n) is 11.8. The Hall–Kier alpha value is -1.59. The molecule has 5 nitrogen and oxygen atoms in total. The summed E-state index contributed by atoms with van der Waals surface area (Å²) in [5.41, 5.74) is 11.9. The number of carbonyl (C=O) groups excluding carboxylic acids is 2. The van der Waals surface area contributed by atoms with Crippen LogP contribution in [0.25, 0.3) is 0 Å². The molecule has 112 valence electrons. The zero-order chi connectivity index (χ0) is 14.4. The Morgan fingerprint density at radius 3 is 2.20 bits per heavy atom.